The van der Waals surface area contributed by atoms with E-state index in [-0.39, 0.29) is 25.5 Å². The molecule has 0 aliphatic carbocycles. The van der Waals surface area contributed by atoms with Gasteiger partial charge in [0.15, 0.2) is 5.06 Å². The fourth-order valence-corrected chi connectivity index (χ4v) is 4.87. The first-order valence-electron chi connectivity index (χ1n) is 9.68. The number of carbonyl (C=O) groups excluding carboxylic acids is 3. The van der Waals surface area contributed by atoms with Gasteiger partial charge in [0.25, 0.3) is 11.8 Å². The lowest BCUT2D eigenvalue weighted by molar-refractivity contribution is -0.125. The summed E-state index contributed by atoms with van der Waals surface area (Å²) in [5, 5.41) is 6.12. The molecular weight excluding hydrogens is 526 g/mol. The van der Waals surface area contributed by atoms with Crippen LogP contribution in [0.25, 0.3) is 0 Å². The van der Waals surface area contributed by atoms with Crippen molar-refractivity contribution in [1.29, 1.82) is 0 Å². The van der Waals surface area contributed by atoms with Gasteiger partial charge in [-0.15, -0.1) is 0 Å². The second kappa shape index (κ2) is 9.75. The lowest BCUT2D eigenvalue weighted by Gasteiger charge is -2.28. The minimum absolute atomic E-state index is 0.00152. The second-order valence-corrected chi connectivity index (χ2v) is 10.0. The topological polar surface area (TPSA) is 106 Å². The van der Waals surface area contributed by atoms with Crippen molar-refractivity contribution in [2.75, 3.05) is 43.2 Å². The Morgan fingerprint density at radius 1 is 1.22 bits per heavy atom. The average molecular weight is 545 g/mol. The molecule has 2 aromatic rings. The van der Waals surface area contributed by atoms with E-state index in [0.717, 1.165) is 3.79 Å². The molecule has 4 rings (SSSR count). The molecule has 32 heavy (non-hydrogen) atoms. The van der Waals surface area contributed by atoms with Gasteiger partial charge in [-0.1, -0.05) is 22.9 Å². The van der Waals surface area contributed by atoms with Crippen molar-refractivity contribution in [3.8, 4) is 5.06 Å². The molecule has 2 N–H and O–H groups in total. The van der Waals surface area contributed by atoms with Crippen LogP contribution >= 0.6 is 38.9 Å². The molecule has 1 aromatic carbocycles. The monoisotopic (exact) mass is 543 g/mol. The summed E-state index contributed by atoms with van der Waals surface area (Å²) in [5.41, 5.74) is -0.314. The van der Waals surface area contributed by atoms with E-state index in [9.17, 15) is 14.4 Å². The summed E-state index contributed by atoms with van der Waals surface area (Å²) in [5.74, 6) is -0.636. The van der Waals surface area contributed by atoms with Crippen molar-refractivity contribution in [3.63, 3.8) is 0 Å². The van der Waals surface area contributed by atoms with Crippen molar-refractivity contribution in [2.24, 2.45) is 0 Å². The molecule has 2 aliphatic heterocycles. The standard InChI is InChI=1S/C20H19BrClN3O6S/c21-15-3-4-17(32-15)31-19(28)24-20(5-7-30-11-20)18(27)23-12-1-2-14(13(22)9-12)25-6-8-29-10-16(25)26/h1-4,9H,5-8,10-11H2,(H,23,27)(H,24,28). The number of amides is 3. The maximum atomic E-state index is 13.1. The van der Waals surface area contributed by atoms with E-state index in [0.29, 0.717) is 41.2 Å². The van der Waals surface area contributed by atoms with E-state index in [2.05, 4.69) is 26.6 Å². The number of halogens is 2. The molecule has 1 unspecified atom stereocenters. The zero-order valence-corrected chi connectivity index (χ0v) is 19.8. The van der Waals surface area contributed by atoms with Crippen LogP contribution in [0.1, 0.15) is 6.42 Å². The van der Waals surface area contributed by atoms with Crippen LogP contribution in [0.2, 0.25) is 5.02 Å². The number of carbonyl (C=O) groups is 3. The highest BCUT2D eigenvalue weighted by Crippen LogP contribution is 2.31. The van der Waals surface area contributed by atoms with Gasteiger partial charge in [0.1, 0.15) is 12.1 Å². The number of ether oxygens (including phenoxy) is 3. The van der Waals surface area contributed by atoms with Gasteiger partial charge in [-0.25, -0.2) is 4.79 Å². The summed E-state index contributed by atoms with van der Waals surface area (Å²) < 4.78 is 16.6. The fraction of sp³-hybridized carbons (Fsp3) is 0.350. The molecule has 9 nitrogen and oxygen atoms in total. The number of rotatable bonds is 5. The zero-order chi connectivity index (χ0) is 22.7. The largest absolute Gasteiger partial charge is 0.414 e. The Labute approximate surface area is 201 Å². The number of nitrogens with zero attached hydrogens (tertiary/aromatic N) is 1. The number of benzene rings is 1. The SMILES string of the molecule is O=C(NC1(C(=O)Nc2ccc(N3CCOCC3=O)c(Cl)c2)CCOC1)Oc1ccc(Br)s1. The highest BCUT2D eigenvalue weighted by Gasteiger charge is 2.44. The van der Waals surface area contributed by atoms with Crippen molar-refractivity contribution in [3.05, 3.63) is 39.1 Å². The molecule has 2 fully saturated rings. The molecule has 2 aliphatic rings. The highest BCUT2D eigenvalue weighted by molar-refractivity contribution is 9.11. The van der Waals surface area contributed by atoms with Gasteiger partial charge in [0.05, 0.1) is 27.7 Å². The van der Waals surface area contributed by atoms with Crippen LogP contribution in [0, 0.1) is 0 Å². The predicted octanol–water partition coefficient (Wildman–Crippen LogP) is 3.41. The molecule has 2 saturated heterocycles. The number of nitrogens with one attached hydrogen (secondary N) is 2. The molecule has 3 heterocycles. The van der Waals surface area contributed by atoms with E-state index < -0.39 is 17.5 Å². The highest BCUT2D eigenvalue weighted by atomic mass is 79.9. The van der Waals surface area contributed by atoms with E-state index >= 15 is 0 Å². The van der Waals surface area contributed by atoms with Crippen molar-refractivity contribution >= 4 is 68.2 Å². The molecule has 1 aromatic heterocycles. The number of hydrogen-bond acceptors (Lipinski definition) is 7. The maximum Gasteiger partial charge on any atom is 0.414 e. The summed E-state index contributed by atoms with van der Waals surface area (Å²) in [6, 6.07) is 8.27. The van der Waals surface area contributed by atoms with E-state index in [1.54, 1.807) is 35.2 Å². The Morgan fingerprint density at radius 2 is 2.06 bits per heavy atom. The predicted molar refractivity (Wildman–Crippen MR) is 123 cm³/mol. The minimum atomic E-state index is -1.28. The summed E-state index contributed by atoms with van der Waals surface area (Å²) in [7, 11) is 0. The minimum Gasteiger partial charge on any atom is -0.399 e. The molecule has 1 atom stereocenters. The summed E-state index contributed by atoms with van der Waals surface area (Å²) >= 11 is 10.9. The van der Waals surface area contributed by atoms with Crippen LogP contribution in [0.4, 0.5) is 16.2 Å². The van der Waals surface area contributed by atoms with Gasteiger partial charge in [0.2, 0.25) is 0 Å². The smallest absolute Gasteiger partial charge is 0.399 e. The molecule has 0 spiro atoms. The van der Waals surface area contributed by atoms with Crippen LogP contribution in [-0.4, -0.2) is 56.4 Å². The molecule has 170 valence electrons. The summed E-state index contributed by atoms with van der Waals surface area (Å²) in [6.45, 7) is 1.15. The number of morpholine rings is 1. The molecular formula is C20H19BrClN3O6S. The van der Waals surface area contributed by atoms with Crippen LogP contribution in [-0.2, 0) is 19.1 Å². The van der Waals surface area contributed by atoms with E-state index in [1.807, 2.05) is 0 Å². The third-order valence-corrected chi connectivity index (χ3v) is 6.83. The second-order valence-electron chi connectivity index (χ2n) is 7.18. The number of anilines is 2. The Balaban J connectivity index is 1.45. The molecule has 0 bridgehead atoms. The molecule has 0 radical (unpaired) electrons. The van der Waals surface area contributed by atoms with Crippen LogP contribution in [0.15, 0.2) is 34.1 Å². The quantitative estimate of drug-likeness (QED) is 0.598. The molecule has 0 saturated carbocycles. The first-order chi connectivity index (χ1) is 15.4. The van der Waals surface area contributed by atoms with Gasteiger partial charge in [-0.3, -0.25) is 9.59 Å². The Hall–Kier alpha value is -2.18. The lowest BCUT2D eigenvalue weighted by atomic mass is 9.97. The Morgan fingerprint density at radius 3 is 2.72 bits per heavy atom. The number of hydrogen-bond donors (Lipinski definition) is 2. The average Bonchev–Trinajstić information content (AvgIpc) is 3.38. The first kappa shape index (κ1) is 23.0. The fourth-order valence-electron chi connectivity index (χ4n) is 3.39. The number of thiophene rings is 1. The first-order valence-corrected chi connectivity index (χ1v) is 11.7. The lowest BCUT2D eigenvalue weighted by Crippen LogP contribution is -2.58. The van der Waals surface area contributed by atoms with Crippen LogP contribution in [0.5, 0.6) is 5.06 Å². The Bertz CT molecular complexity index is 1040. The maximum absolute atomic E-state index is 13.1. The molecule has 3 amide bonds. The third kappa shape index (κ3) is 5.07. The van der Waals surface area contributed by atoms with Gasteiger partial charge in [-0.2, -0.15) is 0 Å². The zero-order valence-electron chi connectivity index (χ0n) is 16.7. The van der Waals surface area contributed by atoms with Gasteiger partial charge in [-0.05, 0) is 46.3 Å². The Kier molecular flexibility index (Phi) is 7.01. The van der Waals surface area contributed by atoms with Gasteiger partial charge in [0, 0.05) is 25.3 Å². The molecule has 12 heteroatoms. The summed E-state index contributed by atoms with van der Waals surface area (Å²) in [4.78, 5) is 39.1. The third-order valence-electron chi connectivity index (χ3n) is 5.02. The van der Waals surface area contributed by atoms with E-state index in [1.165, 1.54) is 11.3 Å². The van der Waals surface area contributed by atoms with Gasteiger partial charge < -0.3 is 29.7 Å². The van der Waals surface area contributed by atoms with Crippen LogP contribution in [0.3, 0.4) is 0 Å². The van der Waals surface area contributed by atoms with Crippen molar-refractivity contribution < 1.29 is 28.6 Å². The van der Waals surface area contributed by atoms with Crippen molar-refractivity contribution in [2.45, 2.75) is 12.0 Å². The van der Waals surface area contributed by atoms with Gasteiger partial charge >= 0.3 is 6.09 Å². The van der Waals surface area contributed by atoms with Crippen LogP contribution < -0.4 is 20.3 Å². The summed E-state index contributed by atoms with van der Waals surface area (Å²) in [6.07, 6.45) is -0.463. The van der Waals surface area contributed by atoms with E-state index in [4.69, 9.17) is 25.8 Å². The van der Waals surface area contributed by atoms with Crippen molar-refractivity contribution in [1.82, 2.24) is 5.32 Å². The normalized spacial score (nSPS) is 20.8.